The summed E-state index contributed by atoms with van der Waals surface area (Å²) in [4.78, 5) is 30.0. The highest BCUT2D eigenvalue weighted by Gasteiger charge is 2.15. The van der Waals surface area contributed by atoms with Crippen LogP contribution in [0.1, 0.15) is 52.9 Å². The maximum Gasteiger partial charge on any atom is 0.222 e. The van der Waals surface area contributed by atoms with E-state index in [9.17, 15) is 9.59 Å². The number of hydrogen-bond donors (Lipinski definition) is 3. The van der Waals surface area contributed by atoms with Gasteiger partial charge in [-0.05, 0) is 26.2 Å². The predicted molar refractivity (Wildman–Crippen MR) is 101 cm³/mol. The van der Waals surface area contributed by atoms with E-state index in [1.807, 2.05) is 25.7 Å². The Morgan fingerprint density at radius 1 is 1.16 bits per heavy atom. The van der Waals surface area contributed by atoms with Gasteiger partial charge in [-0.25, -0.2) is 0 Å². The number of likely N-dealkylation sites (tertiary alicyclic amines) is 1. The summed E-state index contributed by atoms with van der Waals surface area (Å²) in [6.07, 6.45) is 4.85. The summed E-state index contributed by atoms with van der Waals surface area (Å²) in [7, 11) is 0. The Kier molecular flexibility index (Phi) is 10.7. The van der Waals surface area contributed by atoms with Gasteiger partial charge in [0.2, 0.25) is 11.8 Å². The van der Waals surface area contributed by atoms with Crippen molar-refractivity contribution in [2.75, 3.05) is 39.3 Å². The molecule has 25 heavy (non-hydrogen) atoms. The molecule has 7 nitrogen and oxygen atoms in total. The molecule has 7 heteroatoms. The minimum absolute atomic E-state index is 0.00334. The molecule has 2 amide bonds. The van der Waals surface area contributed by atoms with Gasteiger partial charge in [-0.3, -0.25) is 14.6 Å². The maximum absolute atomic E-state index is 12.0. The van der Waals surface area contributed by atoms with Crippen molar-refractivity contribution in [1.29, 1.82) is 0 Å². The van der Waals surface area contributed by atoms with Gasteiger partial charge in [-0.2, -0.15) is 0 Å². The van der Waals surface area contributed by atoms with Gasteiger partial charge in [0.1, 0.15) is 0 Å². The Balaban J connectivity index is 2.27. The van der Waals surface area contributed by atoms with Crippen LogP contribution in [0.25, 0.3) is 0 Å². The highest BCUT2D eigenvalue weighted by Crippen LogP contribution is 2.11. The third-order valence-corrected chi connectivity index (χ3v) is 4.11. The quantitative estimate of drug-likeness (QED) is 0.329. The molecule has 1 aliphatic rings. The molecule has 0 aromatic rings. The van der Waals surface area contributed by atoms with Crippen molar-refractivity contribution in [3.63, 3.8) is 0 Å². The smallest absolute Gasteiger partial charge is 0.222 e. The number of carbonyl (C=O) groups is 2. The standard InChI is InChI=1S/C18H35N5O2/c1-4-19-18(22-12-11-20-17(25)15(2)3)21-10-8-14-23-13-7-5-6-9-16(23)24/h15H,4-14H2,1-3H3,(H,20,25)(H2,19,21,22). The molecule has 1 heterocycles. The first kappa shape index (κ1) is 21.3. The number of hydrogen-bond acceptors (Lipinski definition) is 3. The van der Waals surface area contributed by atoms with Crippen LogP contribution in [-0.2, 0) is 9.59 Å². The minimum atomic E-state index is 0.00334. The average molecular weight is 354 g/mol. The van der Waals surface area contributed by atoms with E-state index < -0.39 is 0 Å². The van der Waals surface area contributed by atoms with E-state index >= 15 is 0 Å². The van der Waals surface area contributed by atoms with Crippen molar-refractivity contribution in [2.45, 2.75) is 52.9 Å². The Morgan fingerprint density at radius 2 is 1.92 bits per heavy atom. The molecule has 1 aliphatic heterocycles. The van der Waals surface area contributed by atoms with Crippen molar-refractivity contribution in [3.8, 4) is 0 Å². The number of amides is 2. The molecule has 0 atom stereocenters. The molecule has 144 valence electrons. The number of rotatable bonds is 9. The van der Waals surface area contributed by atoms with Crippen molar-refractivity contribution < 1.29 is 9.59 Å². The van der Waals surface area contributed by atoms with Gasteiger partial charge in [-0.1, -0.05) is 20.3 Å². The van der Waals surface area contributed by atoms with Crippen LogP contribution in [0, 0.1) is 5.92 Å². The second-order valence-electron chi connectivity index (χ2n) is 6.68. The molecule has 0 unspecified atom stereocenters. The van der Waals surface area contributed by atoms with Gasteiger partial charge in [0.05, 0.1) is 0 Å². The van der Waals surface area contributed by atoms with E-state index in [0.717, 1.165) is 51.3 Å². The van der Waals surface area contributed by atoms with E-state index in [1.165, 1.54) is 0 Å². The maximum atomic E-state index is 12.0. The third-order valence-electron chi connectivity index (χ3n) is 4.11. The van der Waals surface area contributed by atoms with Crippen LogP contribution in [0.15, 0.2) is 4.99 Å². The fourth-order valence-corrected chi connectivity index (χ4v) is 2.64. The second-order valence-corrected chi connectivity index (χ2v) is 6.68. The van der Waals surface area contributed by atoms with Crippen LogP contribution in [0.4, 0.5) is 0 Å². The van der Waals surface area contributed by atoms with Gasteiger partial charge < -0.3 is 20.9 Å². The normalized spacial score (nSPS) is 15.9. The molecule has 0 aromatic heterocycles. The topological polar surface area (TPSA) is 85.8 Å². The molecular formula is C18H35N5O2. The van der Waals surface area contributed by atoms with Crippen molar-refractivity contribution in [3.05, 3.63) is 0 Å². The fourth-order valence-electron chi connectivity index (χ4n) is 2.64. The van der Waals surface area contributed by atoms with E-state index in [0.29, 0.717) is 26.1 Å². The van der Waals surface area contributed by atoms with Gasteiger partial charge in [0.25, 0.3) is 0 Å². The molecular weight excluding hydrogens is 318 g/mol. The lowest BCUT2D eigenvalue weighted by atomic mass is 10.2. The highest BCUT2D eigenvalue weighted by molar-refractivity contribution is 5.80. The first-order valence-corrected chi connectivity index (χ1v) is 9.62. The van der Waals surface area contributed by atoms with E-state index in [1.54, 1.807) is 0 Å². The summed E-state index contributed by atoms with van der Waals surface area (Å²) in [6, 6.07) is 0. The van der Waals surface area contributed by atoms with E-state index in [4.69, 9.17) is 0 Å². The second kappa shape index (κ2) is 12.6. The van der Waals surface area contributed by atoms with Crippen LogP contribution >= 0.6 is 0 Å². The lowest BCUT2D eigenvalue weighted by Crippen LogP contribution is -2.42. The largest absolute Gasteiger partial charge is 0.357 e. The van der Waals surface area contributed by atoms with Crippen LogP contribution in [0.5, 0.6) is 0 Å². The molecule has 1 rings (SSSR count). The molecule has 1 fully saturated rings. The van der Waals surface area contributed by atoms with Crippen LogP contribution in [0.3, 0.4) is 0 Å². The van der Waals surface area contributed by atoms with Crippen molar-refractivity contribution >= 4 is 17.8 Å². The lowest BCUT2D eigenvalue weighted by molar-refractivity contribution is -0.130. The Hall–Kier alpha value is -1.79. The number of aliphatic imine (C=N–C) groups is 1. The first-order valence-electron chi connectivity index (χ1n) is 9.62. The van der Waals surface area contributed by atoms with Crippen LogP contribution in [0.2, 0.25) is 0 Å². The summed E-state index contributed by atoms with van der Waals surface area (Å²) < 4.78 is 0. The van der Waals surface area contributed by atoms with Gasteiger partial charge in [-0.15, -0.1) is 0 Å². The summed E-state index contributed by atoms with van der Waals surface area (Å²) >= 11 is 0. The molecule has 3 N–H and O–H groups in total. The van der Waals surface area contributed by atoms with Crippen molar-refractivity contribution in [2.24, 2.45) is 10.9 Å². The molecule has 0 radical (unpaired) electrons. The molecule has 0 aliphatic carbocycles. The molecule has 1 saturated heterocycles. The highest BCUT2D eigenvalue weighted by atomic mass is 16.2. The predicted octanol–water partition coefficient (Wildman–Crippen LogP) is 1.11. The molecule has 0 saturated carbocycles. The van der Waals surface area contributed by atoms with Gasteiger partial charge in [0, 0.05) is 51.6 Å². The molecule has 0 bridgehead atoms. The average Bonchev–Trinajstić information content (AvgIpc) is 2.79. The van der Waals surface area contributed by atoms with Crippen molar-refractivity contribution in [1.82, 2.24) is 20.9 Å². The van der Waals surface area contributed by atoms with Gasteiger partial charge in [0.15, 0.2) is 5.96 Å². The van der Waals surface area contributed by atoms with E-state index in [2.05, 4.69) is 20.9 Å². The Morgan fingerprint density at radius 3 is 2.64 bits per heavy atom. The Labute approximate surface area is 152 Å². The number of nitrogens with zero attached hydrogens (tertiary/aromatic N) is 2. The summed E-state index contributed by atoms with van der Waals surface area (Å²) in [6.45, 7) is 10.1. The minimum Gasteiger partial charge on any atom is -0.357 e. The van der Waals surface area contributed by atoms with Crippen LogP contribution < -0.4 is 16.0 Å². The van der Waals surface area contributed by atoms with Crippen LogP contribution in [-0.4, -0.2) is 61.9 Å². The summed E-state index contributed by atoms with van der Waals surface area (Å²) in [5, 5.41) is 9.28. The monoisotopic (exact) mass is 353 g/mol. The lowest BCUT2D eigenvalue weighted by Gasteiger charge is -2.20. The summed E-state index contributed by atoms with van der Waals surface area (Å²) in [5.74, 6) is 1.10. The number of carbonyl (C=O) groups excluding carboxylic acids is 2. The zero-order valence-electron chi connectivity index (χ0n) is 16.1. The Bertz CT molecular complexity index is 437. The first-order chi connectivity index (χ1) is 12.0. The molecule has 0 spiro atoms. The zero-order valence-corrected chi connectivity index (χ0v) is 16.1. The summed E-state index contributed by atoms with van der Waals surface area (Å²) in [5.41, 5.74) is 0. The number of guanidine groups is 1. The number of nitrogens with one attached hydrogen (secondary N) is 3. The molecule has 0 aromatic carbocycles. The van der Waals surface area contributed by atoms with E-state index in [-0.39, 0.29) is 17.7 Å². The third kappa shape index (κ3) is 9.31. The fraction of sp³-hybridized carbons (Fsp3) is 0.833. The zero-order chi connectivity index (χ0) is 18.5. The SMILES string of the molecule is CCNC(=NCCCN1CCCCCC1=O)NCCNC(=O)C(C)C. The van der Waals surface area contributed by atoms with Gasteiger partial charge >= 0.3 is 0 Å².